The van der Waals surface area contributed by atoms with E-state index < -0.39 is 6.04 Å². The fraction of sp³-hybridized carbons (Fsp3) is 0.296. The Morgan fingerprint density at radius 1 is 1.06 bits per heavy atom. The van der Waals surface area contributed by atoms with E-state index in [1.165, 1.54) is 9.80 Å². The number of carbonyl (C=O) groups is 3. The van der Waals surface area contributed by atoms with Crippen LogP contribution in [-0.4, -0.2) is 41.2 Å². The van der Waals surface area contributed by atoms with Crippen LogP contribution < -0.4 is 10.2 Å². The summed E-state index contributed by atoms with van der Waals surface area (Å²) in [6.07, 6.45) is 0.402. The molecule has 1 atom stereocenters. The van der Waals surface area contributed by atoms with Gasteiger partial charge in [-0.3, -0.25) is 19.3 Å². The molecule has 1 aliphatic rings. The van der Waals surface area contributed by atoms with Crippen LogP contribution in [0, 0.1) is 0 Å². The van der Waals surface area contributed by atoms with Gasteiger partial charge >= 0.3 is 0 Å². The predicted octanol–water partition coefficient (Wildman–Crippen LogP) is 5.44. The van der Waals surface area contributed by atoms with Crippen molar-refractivity contribution in [3.05, 3.63) is 75.8 Å². The number of anilines is 1. The summed E-state index contributed by atoms with van der Waals surface area (Å²) in [5.41, 5.74) is 1.93. The molecule has 0 aromatic heterocycles. The molecule has 1 N–H and O–H groups in total. The standard InChI is InChI=1S/C27H27Cl2N3O3/c1-4-22(26(34)30-16(2)3)31(14-18-11-12-19(28)13-21(18)29)24(33)15-32-23-10-6-8-17-7-5-9-20(25(17)23)27(32)35/h5-13,16,22H,4,14-15H2,1-3H3,(H,30,34). The van der Waals surface area contributed by atoms with Gasteiger partial charge < -0.3 is 10.2 Å². The zero-order valence-corrected chi connectivity index (χ0v) is 21.4. The highest BCUT2D eigenvalue weighted by atomic mass is 35.5. The van der Waals surface area contributed by atoms with E-state index in [4.69, 9.17) is 23.2 Å². The molecule has 1 heterocycles. The van der Waals surface area contributed by atoms with Gasteiger partial charge in [-0.1, -0.05) is 60.5 Å². The van der Waals surface area contributed by atoms with Gasteiger partial charge in [0.15, 0.2) is 0 Å². The molecule has 3 amide bonds. The SMILES string of the molecule is CCC(C(=O)NC(C)C)N(Cc1ccc(Cl)cc1Cl)C(=O)CN1C(=O)c2cccc3cccc1c23. The molecule has 35 heavy (non-hydrogen) atoms. The average molecular weight is 512 g/mol. The normalized spacial score (nSPS) is 13.4. The van der Waals surface area contributed by atoms with Crippen LogP contribution in [0.4, 0.5) is 5.69 Å². The lowest BCUT2D eigenvalue weighted by atomic mass is 10.1. The van der Waals surface area contributed by atoms with E-state index >= 15 is 0 Å². The summed E-state index contributed by atoms with van der Waals surface area (Å²) in [4.78, 5) is 43.1. The third-order valence-electron chi connectivity index (χ3n) is 6.12. The van der Waals surface area contributed by atoms with E-state index in [0.717, 1.165) is 10.8 Å². The minimum Gasteiger partial charge on any atom is -0.352 e. The highest BCUT2D eigenvalue weighted by molar-refractivity contribution is 6.35. The maximum absolute atomic E-state index is 13.8. The van der Waals surface area contributed by atoms with Gasteiger partial charge in [-0.25, -0.2) is 0 Å². The summed E-state index contributed by atoms with van der Waals surface area (Å²) >= 11 is 12.5. The number of amides is 3. The summed E-state index contributed by atoms with van der Waals surface area (Å²) in [6.45, 7) is 5.51. The number of nitrogens with one attached hydrogen (secondary N) is 1. The molecule has 0 bridgehead atoms. The maximum atomic E-state index is 13.8. The van der Waals surface area contributed by atoms with Gasteiger partial charge in [-0.05, 0) is 55.5 Å². The highest BCUT2D eigenvalue weighted by Crippen LogP contribution is 2.37. The third kappa shape index (κ3) is 5.00. The zero-order chi connectivity index (χ0) is 25.3. The third-order valence-corrected chi connectivity index (χ3v) is 6.70. The molecule has 0 radical (unpaired) electrons. The first-order chi connectivity index (χ1) is 16.7. The first-order valence-electron chi connectivity index (χ1n) is 11.6. The number of hydrogen-bond acceptors (Lipinski definition) is 3. The monoisotopic (exact) mass is 511 g/mol. The van der Waals surface area contributed by atoms with Gasteiger partial charge in [0.05, 0.1) is 5.69 Å². The van der Waals surface area contributed by atoms with Crippen molar-refractivity contribution < 1.29 is 14.4 Å². The van der Waals surface area contributed by atoms with Crippen molar-refractivity contribution >= 4 is 57.4 Å². The van der Waals surface area contributed by atoms with Crippen molar-refractivity contribution in [2.45, 2.75) is 45.8 Å². The predicted molar refractivity (Wildman–Crippen MR) is 140 cm³/mol. The van der Waals surface area contributed by atoms with Gasteiger partial charge in [0.25, 0.3) is 5.91 Å². The molecule has 0 saturated carbocycles. The fourth-order valence-corrected chi connectivity index (χ4v) is 4.96. The molecule has 3 aromatic carbocycles. The summed E-state index contributed by atoms with van der Waals surface area (Å²) in [7, 11) is 0. The van der Waals surface area contributed by atoms with Gasteiger partial charge in [-0.15, -0.1) is 0 Å². The molecular formula is C27H27Cl2N3O3. The van der Waals surface area contributed by atoms with Crippen molar-refractivity contribution in [1.82, 2.24) is 10.2 Å². The van der Waals surface area contributed by atoms with Crippen molar-refractivity contribution in [3.63, 3.8) is 0 Å². The minimum absolute atomic E-state index is 0.0834. The minimum atomic E-state index is -0.729. The largest absolute Gasteiger partial charge is 0.352 e. The maximum Gasteiger partial charge on any atom is 0.259 e. The van der Waals surface area contributed by atoms with E-state index in [-0.39, 0.29) is 36.9 Å². The summed E-state index contributed by atoms with van der Waals surface area (Å²) < 4.78 is 0. The molecule has 182 valence electrons. The quantitative estimate of drug-likeness (QED) is 0.437. The number of nitrogens with zero attached hydrogens (tertiary/aromatic N) is 2. The van der Waals surface area contributed by atoms with Crippen LogP contribution in [0.3, 0.4) is 0 Å². The Kier molecular flexibility index (Phi) is 7.33. The second kappa shape index (κ2) is 10.3. The fourth-order valence-electron chi connectivity index (χ4n) is 4.50. The molecular weight excluding hydrogens is 485 g/mol. The molecule has 1 aliphatic heterocycles. The summed E-state index contributed by atoms with van der Waals surface area (Å²) in [5.74, 6) is -0.826. The lowest BCUT2D eigenvalue weighted by molar-refractivity contribution is -0.140. The first kappa shape index (κ1) is 25.0. The van der Waals surface area contributed by atoms with Gasteiger partial charge in [-0.2, -0.15) is 0 Å². The second-order valence-electron chi connectivity index (χ2n) is 8.92. The molecule has 8 heteroatoms. The highest BCUT2D eigenvalue weighted by Gasteiger charge is 2.35. The van der Waals surface area contributed by atoms with E-state index in [1.807, 2.05) is 51.1 Å². The Morgan fingerprint density at radius 3 is 2.43 bits per heavy atom. The summed E-state index contributed by atoms with van der Waals surface area (Å²) in [6, 6.07) is 15.4. The van der Waals surface area contributed by atoms with Crippen LogP contribution >= 0.6 is 23.2 Å². The van der Waals surface area contributed by atoms with Crippen LogP contribution in [-0.2, 0) is 16.1 Å². The Labute approximate surface area is 214 Å². The van der Waals surface area contributed by atoms with Crippen LogP contribution in [0.2, 0.25) is 10.0 Å². The Morgan fingerprint density at radius 2 is 1.77 bits per heavy atom. The lowest BCUT2D eigenvalue weighted by Gasteiger charge is -2.32. The summed E-state index contributed by atoms with van der Waals surface area (Å²) in [5, 5.41) is 5.57. The molecule has 1 unspecified atom stereocenters. The number of benzene rings is 3. The van der Waals surface area contributed by atoms with Crippen molar-refractivity contribution in [2.75, 3.05) is 11.4 Å². The Bertz CT molecular complexity index is 1300. The van der Waals surface area contributed by atoms with E-state index in [0.29, 0.717) is 33.3 Å². The van der Waals surface area contributed by atoms with Gasteiger partial charge in [0.1, 0.15) is 12.6 Å². The first-order valence-corrected chi connectivity index (χ1v) is 12.3. The van der Waals surface area contributed by atoms with Gasteiger partial charge in [0, 0.05) is 33.6 Å². The van der Waals surface area contributed by atoms with Crippen LogP contribution in [0.25, 0.3) is 10.8 Å². The lowest BCUT2D eigenvalue weighted by Crippen LogP contribution is -2.53. The zero-order valence-electron chi connectivity index (χ0n) is 19.8. The molecule has 6 nitrogen and oxygen atoms in total. The van der Waals surface area contributed by atoms with Crippen LogP contribution in [0.15, 0.2) is 54.6 Å². The van der Waals surface area contributed by atoms with E-state index in [2.05, 4.69) is 5.32 Å². The number of hydrogen-bond donors (Lipinski definition) is 1. The average Bonchev–Trinajstić information content (AvgIpc) is 3.08. The van der Waals surface area contributed by atoms with E-state index in [1.54, 1.807) is 24.3 Å². The molecule has 3 aromatic rings. The molecule has 0 aliphatic carbocycles. The van der Waals surface area contributed by atoms with E-state index in [9.17, 15) is 14.4 Å². The van der Waals surface area contributed by atoms with Crippen molar-refractivity contribution in [1.29, 1.82) is 0 Å². The molecule has 0 fully saturated rings. The second-order valence-corrected chi connectivity index (χ2v) is 9.76. The smallest absolute Gasteiger partial charge is 0.259 e. The van der Waals surface area contributed by atoms with Crippen molar-refractivity contribution in [2.24, 2.45) is 0 Å². The van der Waals surface area contributed by atoms with Crippen LogP contribution in [0.1, 0.15) is 43.1 Å². The molecule has 0 saturated heterocycles. The number of rotatable bonds is 8. The molecule has 0 spiro atoms. The number of carbonyl (C=O) groups excluding carboxylic acids is 3. The van der Waals surface area contributed by atoms with Crippen LogP contribution in [0.5, 0.6) is 0 Å². The van der Waals surface area contributed by atoms with Crippen molar-refractivity contribution in [3.8, 4) is 0 Å². The van der Waals surface area contributed by atoms with Gasteiger partial charge in [0.2, 0.25) is 11.8 Å². The Hall–Kier alpha value is -3.09. The Balaban J connectivity index is 1.67. The molecule has 4 rings (SSSR count). The number of halogens is 2. The topological polar surface area (TPSA) is 69.7 Å².